The third-order valence-corrected chi connectivity index (χ3v) is 1.53. The fraction of sp³-hybridized carbons (Fsp3) is 0.429. The number of hydrogen-bond donors (Lipinski definition) is 2. The Kier molecular flexibility index (Phi) is 3.16. The Bertz CT molecular complexity index is 346. The number of aliphatic carboxylic acids is 1. The van der Waals surface area contributed by atoms with Gasteiger partial charge in [-0.25, -0.2) is 0 Å². The predicted octanol–water partition coefficient (Wildman–Crippen LogP) is -0.382. The minimum Gasteiger partial charge on any atom is -0.481 e. The molecule has 2 N–H and O–H groups in total. The van der Waals surface area contributed by atoms with E-state index in [0.717, 1.165) is 0 Å². The minimum absolute atomic E-state index is 0.0673. The molecule has 14 heavy (non-hydrogen) atoms. The zero-order chi connectivity index (χ0) is 10.6. The van der Waals surface area contributed by atoms with Gasteiger partial charge in [0, 0.05) is 13.5 Å². The summed E-state index contributed by atoms with van der Waals surface area (Å²) in [6.45, 7) is 0. The van der Waals surface area contributed by atoms with Crippen molar-refractivity contribution in [3.8, 4) is 0 Å². The molecule has 0 aliphatic carbocycles. The summed E-state index contributed by atoms with van der Waals surface area (Å²) in [5.74, 6) is -1.08. The molecule has 76 valence electrons. The van der Waals surface area contributed by atoms with Gasteiger partial charge in [-0.05, 0) is 0 Å². The molecule has 0 bridgehead atoms. The van der Waals surface area contributed by atoms with Crippen molar-refractivity contribution in [2.75, 3.05) is 5.32 Å². The smallest absolute Gasteiger partial charge is 0.303 e. The molecule has 0 aliphatic heterocycles. The van der Waals surface area contributed by atoms with E-state index in [1.165, 1.54) is 10.9 Å². The number of rotatable bonds is 4. The van der Waals surface area contributed by atoms with Crippen LogP contribution in [-0.4, -0.2) is 31.7 Å². The average Bonchev–Trinajstić information content (AvgIpc) is 2.49. The zero-order valence-corrected chi connectivity index (χ0v) is 7.60. The highest BCUT2D eigenvalue weighted by atomic mass is 16.4. The van der Waals surface area contributed by atoms with Crippen molar-refractivity contribution in [1.82, 2.24) is 14.8 Å². The molecule has 1 rings (SSSR count). The van der Waals surface area contributed by atoms with Crippen LogP contribution in [0.2, 0.25) is 0 Å². The number of anilines is 1. The fourth-order valence-corrected chi connectivity index (χ4v) is 0.804. The van der Waals surface area contributed by atoms with Gasteiger partial charge in [-0.2, -0.15) is 0 Å². The second-order valence-electron chi connectivity index (χ2n) is 2.71. The first-order chi connectivity index (χ1) is 6.59. The fourth-order valence-electron chi connectivity index (χ4n) is 0.804. The van der Waals surface area contributed by atoms with Crippen LogP contribution in [0.1, 0.15) is 12.8 Å². The summed E-state index contributed by atoms with van der Waals surface area (Å²) >= 11 is 0. The number of carbonyl (C=O) groups is 2. The summed E-state index contributed by atoms with van der Waals surface area (Å²) in [5.41, 5.74) is 0. The maximum atomic E-state index is 11.1. The largest absolute Gasteiger partial charge is 0.481 e. The van der Waals surface area contributed by atoms with Gasteiger partial charge in [0.1, 0.15) is 6.33 Å². The number of aryl methyl sites for hydroxylation is 1. The second-order valence-corrected chi connectivity index (χ2v) is 2.71. The van der Waals surface area contributed by atoms with E-state index in [4.69, 9.17) is 5.11 Å². The van der Waals surface area contributed by atoms with Gasteiger partial charge in [0.2, 0.25) is 11.9 Å². The second kappa shape index (κ2) is 4.35. The molecule has 0 aliphatic rings. The van der Waals surface area contributed by atoms with Crippen LogP contribution in [0.5, 0.6) is 0 Å². The van der Waals surface area contributed by atoms with E-state index in [1.807, 2.05) is 0 Å². The van der Waals surface area contributed by atoms with Gasteiger partial charge in [0.05, 0.1) is 6.42 Å². The molecule has 1 aromatic heterocycles. The van der Waals surface area contributed by atoms with E-state index in [1.54, 1.807) is 7.05 Å². The molecular weight excluding hydrogens is 188 g/mol. The third-order valence-electron chi connectivity index (χ3n) is 1.53. The maximum Gasteiger partial charge on any atom is 0.303 e. The van der Waals surface area contributed by atoms with Crippen LogP contribution < -0.4 is 5.32 Å². The molecular formula is C7H10N4O3. The van der Waals surface area contributed by atoms with Gasteiger partial charge in [-0.15, -0.1) is 10.2 Å². The van der Waals surface area contributed by atoms with Gasteiger partial charge in [-0.1, -0.05) is 0 Å². The Morgan fingerprint density at radius 3 is 2.79 bits per heavy atom. The first kappa shape index (κ1) is 10.2. The number of carbonyl (C=O) groups excluding carboxylic acids is 1. The predicted molar refractivity (Wildman–Crippen MR) is 46.5 cm³/mol. The number of carboxylic acid groups (broad SMARTS) is 1. The monoisotopic (exact) mass is 198 g/mol. The lowest BCUT2D eigenvalue weighted by atomic mass is 10.3. The Labute approximate surface area is 79.8 Å². The molecule has 1 aromatic rings. The minimum atomic E-state index is -1.00. The average molecular weight is 198 g/mol. The normalized spacial score (nSPS) is 9.79. The van der Waals surface area contributed by atoms with Crippen molar-refractivity contribution in [2.24, 2.45) is 7.05 Å². The lowest BCUT2D eigenvalue weighted by molar-refractivity contribution is -0.138. The number of amides is 1. The molecule has 0 radical (unpaired) electrons. The Hall–Kier alpha value is -1.92. The van der Waals surface area contributed by atoms with Crippen LogP contribution in [0.4, 0.5) is 5.95 Å². The van der Waals surface area contributed by atoms with Crippen LogP contribution in [0.25, 0.3) is 0 Å². The van der Waals surface area contributed by atoms with E-state index in [-0.39, 0.29) is 18.7 Å². The van der Waals surface area contributed by atoms with Crippen molar-refractivity contribution in [3.63, 3.8) is 0 Å². The van der Waals surface area contributed by atoms with Gasteiger partial charge in [0.15, 0.2) is 0 Å². The van der Waals surface area contributed by atoms with E-state index in [0.29, 0.717) is 5.95 Å². The number of aromatic nitrogens is 3. The van der Waals surface area contributed by atoms with Crippen molar-refractivity contribution >= 4 is 17.8 Å². The molecule has 0 aromatic carbocycles. The highest BCUT2D eigenvalue weighted by Gasteiger charge is 2.08. The molecule has 7 heteroatoms. The number of hydrogen-bond acceptors (Lipinski definition) is 4. The van der Waals surface area contributed by atoms with Crippen molar-refractivity contribution in [3.05, 3.63) is 6.33 Å². The molecule has 1 heterocycles. The highest BCUT2D eigenvalue weighted by molar-refractivity contribution is 5.90. The number of carboxylic acids is 1. The van der Waals surface area contributed by atoms with Crippen LogP contribution in [-0.2, 0) is 16.6 Å². The number of nitrogens with one attached hydrogen (secondary N) is 1. The standard InChI is InChI=1S/C7H10N4O3/c1-11-4-8-10-7(11)9-5(12)2-3-6(13)14/h4H,2-3H2,1H3,(H,13,14)(H,9,10,12). The van der Waals surface area contributed by atoms with E-state index >= 15 is 0 Å². The summed E-state index contributed by atoms with van der Waals surface area (Å²) in [6.07, 6.45) is 1.18. The maximum absolute atomic E-state index is 11.1. The van der Waals surface area contributed by atoms with E-state index in [2.05, 4.69) is 15.5 Å². The third kappa shape index (κ3) is 2.85. The van der Waals surface area contributed by atoms with Crippen LogP contribution in [0, 0.1) is 0 Å². The van der Waals surface area contributed by atoms with Gasteiger partial charge < -0.3 is 9.67 Å². The van der Waals surface area contributed by atoms with Crippen LogP contribution in [0.3, 0.4) is 0 Å². The van der Waals surface area contributed by atoms with Crippen LogP contribution >= 0.6 is 0 Å². The van der Waals surface area contributed by atoms with Crippen molar-refractivity contribution in [1.29, 1.82) is 0 Å². The highest BCUT2D eigenvalue weighted by Crippen LogP contribution is 2.00. The van der Waals surface area contributed by atoms with Gasteiger partial charge in [0.25, 0.3) is 0 Å². The Morgan fingerprint density at radius 1 is 1.57 bits per heavy atom. The van der Waals surface area contributed by atoms with E-state index in [9.17, 15) is 9.59 Å². The lowest BCUT2D eigenvalue weighted by Gasteiger charge is -2.01. The Balaban J connectivity index is 2.42. The molecule has 1 amide bonds. The number of nitrogens with zero attached hydrogens (tertiary/aromatic N) is 3. The van der Waals surface area contributed by atoms with Crippen molar-refractivity contribution in [2.45, 2.75) is 12.8 Å². The van der Waals surface area contributed by atoms with Crippen molar-refractivity contribution < 1.29 is 14.7 Å². The summed E-state index contributed by atoms with van der Waals surface area (Å²) in [4.78, 5) is 21.3. The summed E-state index contributed by atoms with van der Waals surface area (Å²) in [6, 6.07) is 0. The molecule has 0 unspecified atom stereocenters. The summed E-state index contributed by atoms with van der Waals surface area (Å²) < 4.78 is 1.53. The molecule has 0 saturated carbocycles. The topological polar surface area (TPSA) is 97.1 Å². The zero-order valence-electron chi connectivity index (χ0n) is 7.60. The molecule has 0 spiro atoms. The quantitative estimate of drug-likeness (QED) is 0.687. The Morgan fingerprint density at radius 2 is 2.29 bits per heavy atom. The molecule has 0 fully saturated rings. The molecule has 7 nitrogen and oxygen atoms in total. The van der Waals surface area contributed by atoms with E-state index < -0.39 is 5.97 Å². The lowest BCUT2D eigenvalue weighted by Crippen LogP contribution is -2.15. The summed E-state index contributed by atoms with van der Waals surface area (Å²) in [7, 11) is 1.67. The molecule has 0 saturated heterocycles. The first-order valence-electron chi connectivity index (χ1n) is 3.95. The first-order valence-corrected chi connectivity index (χ1v) is 3.95. The molecule has 0 atom stereocenters. The van der Waals surface area contributed by atoms with Gasteiger partial charge >= 0.3 is 5.97 Å². The van der Waals surface area contributed by atoms with Crippen LogP contribution in [0.15, 0.2) is 6.33 Å². The SMILES string of the molecule is Cn1cnnc1NC(=O)CCC(=O)O. The summed E-state index contributed by atoms with van der Waals surface area (Å²) in [5, 5.41) is 17.9. The van der Waals surface area contributed by atoms with Gasteiger partial charge in [-0.3, -0.25) is 14.9 Å².